The smallest absolute Gasteiger partial charge is 0.321 e. The molecule has 0 spiro atoms. The van der Waals surface area contributed by atoms with Crippen molar-refractivity contribution in [2.45, 2.75) is 20.3 Å². The monoisotopic (exact) mass is 185 g/mol. The zero-order valence-electron chi connectivity index (χ0n) is 8.22. The summed E-state index contributed by atoms with van der Waals surface area (Å²) in [4.78, 5) is 23.0. The quantitative estimate of drug-likeness (QED) is 0.498. The van der Waals surface area contributed by atoms with Gasteiger partial charge in [-0.25, -0.2) is 0 Å². The Morgan fingerprint density at radius 3 is 2.54 bits per heavy atom. The predicted molar refractivity (Wildman–Crippen MR) is 46.9 cm³/mol. The van der Waals surface area contributed by atoms with Crippen LogP contribution in [-0.4, -0.2) is 25.5 Å². The van der Waals surface area contributed by atoms with Gasteiger partial charge in [-0.05, 0) is 12.3 Å². The maximum absolute atomic E-state index is 11.5. The molecule has 1 N–H and O–H groups in total. The van der Waals surface area contributed by atoms with E-state index in [4.69, 9.17) is 0 Å². The molecule has 1 amide bonds. The fraction of sp³-hybridized carbons (Fsp3) is 0.778. The molecule has 0 bridgehead atoms. The lowest BCUT2D eigenvalue weighted by molar-refractivity contribution is -0.159. The van der Waals surface area contributed by atoms with Crippen LogP contribution < -0.4 is 5.32 Å². The van der Waals surface area contributed by atoms with Gasteiger partial charge in [-0.2, -0.15) is 0 Å². The van der Waals surface area contributed by atoms with Crippen LogP contribution in [0.25, 0.3) is 0 Å². The number of hydrogen-bond acceptors (Lipinski definition) is 3. The van der Waals surface area contributed by atoms with Crippen molar-refractivity contribution in [3.05, 3.63) is 0 Å². The van der Waals surface area contributed by atoms with E-state index in [1.54, 1.807) is 0 Å². The Balaban J connectivity index is 3.00. The lowest BCUT2D eigenvalue weighted by Crippen LogP contribution is -2.43. The SMILES string of the molecule is COC(=O)[C@]1(C(C)C)CCNC1=O. The summed E-state index contributed by atoms with van der Waals surface area (Å²) in [5.74, 6) is -0.644. The van der Waals surface area contributed by atoms with Crippen LogP contribution >= 0.6 is 0 Å². The van der Waals surface area contributed by atoms with E-state index in [0.29, 0.717) is 13.0 Å². The van der Waals surface area contributed by atoms with E-state index in [1.807, 2.05) is 13.8 Å². The van der Waals surface area contributed by atoms with Crippen molar-refractivity contribution >= 4 is 11.9 Å². The van der Waals surface area contributed by atoms with E-state index in [0.717, 1.165) is 0 Å². The van der Waals surface area contributed by atoms with Crippen LogP contribution in [0.1, 0.15) is 20.3 Å². The molecule has 1 atom stereocenters. The molecule has 1 rings (SSSR count). The fourth-order valence-corrected chi connectivity index (χ4v) is 1.81. The van der Waals surface area contributed by atoms with E-state index in [-0.39, 0.29) is 11.8 Å². The van der Waals surface area contributed by atoms with Crippen LogP contribution in [-0.2, 0) is 14.3 Å². The van der Waals surface area contributed by atoms with Crippen LogP contribution in [0, 0.1) is 11.3 Å². The highest BCUT2D eigenvalue weighted by molar-refractivity contribution is 6.04. The van der Waals surface area contributed by atoms with Crippen molar-refractivity contribution in [2.24, 2.45) is 11.3 Å². The molecule has 1 aliphatic heterocycles. The molecule has 74 valence electrons. The Morgan fingerprint density at radius 2 is 2.23 bits per heavy atom. The van der Waals surface area contributed by atoms with Crippen LogP contribution in [0.4, 0.5) is 0 Å². The third-order valence-corrected chi connectivity index (χ3v) is 2.75. The number of rotatable bonds is 2. The molecule has 0 aromatic rings. The Bertz CT molecular complexity index is 237. The number of nitrogens with one attached hydrogen (secondary N) is 1. The molecule has 4 heteroatoms. The van der Waals surface area contributed by atoms with Gasteiger partial charge < -0.3 is 10.1 Å². The van der Waals surface area contributed by atoms with Crippen LogP contribution in [0.15, 0.2) is 0 Å². The fourth-order valence-electron chi connectivity index (χ4n) is 1.81. The number of esters is 1. The van der Waals surface area contributed by atoms with Crippen molar-refractivity contribution in [1.29, 1.82) is 0 Å². The van der Waals surface area contributed by atoms with Gasteiger partial charge in [0.05, 0.1) is 7.11 Å². The number of carbonyl (C=O) groups excluding carboxylic acids is 2. The molecule has 0 aromatic heterocycles. The molecule has 1 fully saturated rings. The summed E-state index contributed by atoms with van der Waals surface area (Å²) in [6.45, 7) is 4.29. The van der Waals surface area contributed by atoms with Crippen molar-refractivity contribution < 1.29 is 14.3 Å². The average Bonchev–Trinajstić information content (AvgIpc) is 2.47. The lowest BCUT2D eigenvalue weighted by Gasteiger charge is -2.26. The average molecular weight is 185 g/mol. The highest BCUT2D eigenvalue weighted by Crippen LogP contribution is 2.36. The first-order valence-corrected chi connectivity index (χ1v) is 4.42. The second-order valence-corrected chi connectivity index (χ2v) is 3.62. The summed E-state index contributed by atoms with van der Waals surface area (Å²) in [6.07, 6.45) is 0.538. The van der Waals surface area contributed by atoms with Crippen molar-refractivity contribution in [2.75, 3.05) is 13.7 Å². The zero-order valence-corrected chi connectivity index (χ0v) is 8.22. The molecule has 0 saturated carbocycles. The summed E-state index contributed by atoms with van der Waals surface area (Å²) in [5, 5.41) is 2.67. The van der Waals surface area contributed by atoms with Gasteiger partial charge >= 0.3 is 5.97 Å². The van der Waals surface area contributed by atoms with E-state index in [9.17, 15) is 9.59 Å². The molecule has 1 aliphatic rings. The number of carbonyl (C=O) groups is 2. The third-order valence-electron chi connectivity index (χ3n) is 2.75. The van der Waals surface area contributed by atoms with Crippen LogP contribution in [0.3, 0.4) is 0 Å². The zero-order chi connectivity index (χ0) is 10.1. The van der Waals surface area contributed by atoms with Gasteiger partial charge in [0.2, 0.25) is 5.91 Å². The predicted octanol–water partition coefficient (Wildman–Crippen LogP) is 0.322. The second kappa shape index (κ2) is 3.36. The first-order valence-electron chi connectivity index (χ1n) is 4.42. The lowest BCUT2D eigenvalue weighted by atomic mass is 9.76. The topological polar surface area (TPSA) is 55.4 Å². The Kier molecular flexibility index (Phi) is 2.59. The van der Waals surface area contributed by atoms with E-state index in [1.165, 1.54) is 7.11 Å². The number of methoxy groups -OCH3 is 1. The van der Waals surface area contributed by atoms with E-state index >= 15 is 0 Å². The molecule has 0 aliphatic carbocycles. The molecule has 13 heavy (non-hydrogen) atoms. The number of amides is 1. The van der Waals surface area contributed by atoms with Crippen LogP contribution in [0.5, 0.6) is 0 Å². The normalized spacial score (nSPS) is 27.5. The summed E-state index contributed by atoms with van der Waals surface area (Å²) in [6, 6.07) is 0. The first-order chi connectivity index (χ1) is 6.05. The minimum Gasteiger partial charge on any atom is -0.468 e. The molecule has 1 saturated heterocycles. The Hall–Kier alpha value is -1.06. The summed E-state index contributed by atoms with van der Waals surface area (Å²) >= 11 is 0. The maximum Gasteiger partial charge on any atom is 0.321 e. The van der Waals surface area contributed by atoms with Gasteiger partial charge in [0.25, 0.3) is 0 Å². The second-order valence-electron chi connectivity index (χ2n) is 3.62. The van der Waals surface area contributed by atoms with Gasteiger partial charge in [0.1, 0.15) is 5.41 Å². The highest BCUT2D eigenvalue weighted by atomic mass is 16.5. The van der Waals surface area contributed by atoms with Gasteiger partial charge in [-0.1, -0.05) is 13.8 Å². The maximum atomic E-state index is 11.5. The van der Waals surface area contributed by atoms with Crippen molar-refractivity contribution in [3.8, 4) is 0 Å². The highest BCUT2D eigenvalue weighted by Gasteiger charge is 2.52. The summed E-state index contributed by atoms with van der Waals surface area (Å²) in [7, 11) is 1.32. The van der Waals surface area contributed by atoms with Gasteiger partial charge in [0.15, 0.2) is 0 Å². The van der Waals surface area contributed by atoms with E-state index < -0.39 is 11.4 Å². The Morgan fingerprint density at radius 1 is 1.62 bits per heavy atom. The summed E-state index contributed by atoms with van der Waals surface area (Å²) < 4.78 is 4.67. The van der Waals surface area contributed by atoms with Gasteiger partial charge in [-0.15, -0.1) is 0 Å². The Labute approximate surface area is 77.6 Å². The summed E-state index contributed by atoms with van der Waals surface area (Å²) in [5.41, 5.74) is -0.950. The minimum absolute atomic E-state index is 0.0255. The number of hydrogen-bond donors (Lipinski definition) is 1. The minimum atomic E-state index is -0.950. The van der Waals surface area contributed by atoms with Gasteiger partial charge in [0, 0.05) is 6.54 Å². The third kappa shape index (κ3) is 1.30. The molecule has 0 unspecified atom stereocenters. The molecule has 4 nitrogen and oxygen atoms in total. The molecular formula is C9H15NO3. The van der Waals surface area contributed by atoms with Crippen LogP contribution in [0.2, 0.25) is 0 Å². The standard InChI is InChI=1S/C9H15NO3/c1-6(2)9(8(12)13-3)4-5-10-7(9)11/h6H,4-5H2,1-3H3,(H,10,11)/t9-/m0/s1. The molecule has 0 aromatic carbocycles. The molecule has 0 radical (unpaired) electrons. The van der Waals surface area contributed by atoms with E-state index in [2.05, 4.69) is 10.1 Å². The van der Waals surface area contributed by atoms with Gasteiger partial charge in [-0.3, -0.25) is 9.59 Å². The molecule has 1 heterocycles. The van der Waals surface area contributed by atoms with Crippen molar-refractivity contribution in [3.63, 3.8) is 0 Å². The van der Waals surface area contributed by atoms with Crippen molar-refractivity contribution in [1.82, 2.24) is 5.32 Å². The largest absolute Gasteiger partial charge is 0.468 e. The molecular weight excluding hydrogens is 170 g/mol. The number of ether oxygens (including phenoxy) is 1. The first kappa shape index (κ1) is 10.0.